The third kappa shape index (κ3) is 4.15. The van der Waals surface area contributed by atoms with Crippen LogP contribution in [0.1, 0.15) is 30.9 Å². The number of rotatable bonds is 6. The monoisotopic (exact) mass is 286 g/mol. The predicted molar refractivity (Wildman–Crippen MR) is 83.2 cm³/mol. The number of anilines is 1. The van der Waals surface area contributed by atoms with Gasteiger partial charge < -0.3 is 4.90 Å². The summed E-state index contributed by atoms with van der Waals surface area (Å²) >= 11 is 0. The zero-order valence-electron chi connectivity index (χ0n) is 12.9. The van der Waals surface area contributed by atoms with Gasteiger partial charge in [0.15, 0.2) is 0 Å². The first-order chi connectivity index (χ1) is 10.1. The van der Waals surface area contributed by atoms with Crippen molar-refractivity contribution in [2.24, 2.45) is 0 Å². The van der Waals surface area contributed by atoms with E-state index in [2.05, 4.69) is 42.1 Å². The van der Waals surface area contributed by atoms with Crippen LogP contribution >= 0.6 is 0 Å². The van der Waals surface area contributed by atoms with E-state index in [1.54, 1.807) is 11.0 Å². The zero-order valence-corrected chi connectivity index (χ0v) is 12.9. The molecule has 0 saturated heterocycles. The molecule has 112 valence electrons. The van der Waals surface area contributed by atoms with Crippen LogP contribution in [0.3, 0.4) is 0 Å². The quantitative estimate of drug-likeness (QED) is 0.820. The highest BCUT2D eigenvalue weighted by Gasteiger charge is 2.14. The van der Waals surface area contributed by atoms with E-state index < -0.39 is 0 Å². The Bertz CT molecular complexity index is 572. The van der Waals surface area contributed by atoms with Crippen molar-refractivity contribution in [1.82, 2.24) is 14.8 Å². The van der Waals surface area contributed by atoms with E-state index in [-0.39, 0.29) is 5.91 Å². The Kier molecular flexibility index (Phi) is 5.09. The van der Waals surface area contributed by atoms with E-state index in [9.17, 15) is 4.79 Å². The van der Waals surface area contributed by atoms with Crippen LogP contribution in [0.5, 0.6) is 0 Å². The molecule has 5 nitrogen and oxygen atoms in total. The molecule has 0 unspecified atom stereocenters. The fraction of sp³-hybridized carbons (Fsp3) is 0.438. The number of benzene rings is 1. The summed E-state index contributed by atoms with van der Waals surface area (Å²) in [7, 11) is 0. The normalized spacial score (nSPS) is 10.6. The molecule has 2 rings (SSSR count). The van der Waals surface area contributed by atoms with Crippen molar-refractivity contribution in [2.45, 2.75) is 40.2 Å². The smallest absolute Gasteiger partial charge is 0.227 e. The molecule has 2 aromatic rings. The summed E-state index contributed by atoms with van der Waals surface area (Å²) in [5, 5.41) is 4.04. The Morgan fingerprint density at radius 2 is 1.95 bits per heavy atom. The standard InChI is InChI=1S/C16H22N4O/c1-4-20(15-9-13(2)8-14(3)10-15)16(21)6-5-7-19-12-17-11-18-19/h8-12H,4-7H2,1-3H3. The van der Waals surface area contributed by atoms with Gasteiger partial charge in [0.2, 0.25) is 5.91 Å². The lowest BCUT2D eigenvalue weighted by Crippen LogP contribution is -2.30. The van der Waals surface area contributed by atoms with Crippen LogP contribution in [0.4, 0.5) is 5.69 Å². The molecule has 0 spiro atoms. The van der Waals surface area contributed by atoms with E-state index in [0.29, 0.717) is 13.0 Å². The van der Waals surface area contributed by atoms with Gasteiger partial charge >= 0.3 is 0 Å². The summed E-state index contributed by atoms with van der Waals surface area (Å²) in [6.45, 7) is 7.52. The van der Waals surface area contributed by atoms with Gasteiger partial charge in [-0.2, -0.15) is 5.10 Å². The maximum atomic E-state index is 12.4. The summed E-state index contributed by atoms with van der Waals surface area (Å²) < 4.78 is 1.75. The Balaban J connectivity index is 1.97. The molecular weight excluding hydrogens is 264 g/mol. The molecular formula is C16H22N4O. The Morgan fingerprint density at radius 3 is 2.52 bits per heavy atom. The van der Waals surface area contributed by atoms with Crippen molar-refractivity contribution < 1.29 is 4.79 Å². The lowest BCUT2D eigenvalue weighted by molar-refractivity contribution is -0.118. The van der Waals surface area contributed by atoms with Crippen molar-refractivity contribution in [1.29, 1.82) is 0 Å². The maximum Gasteiger partial charge on any atom is 0.227 e. The van der Waals surface area contributed by atoms with Crippen molar-refractivity contribution >= 4 is 11.6 Å². The van der Waals surface area contributed by atoms with Crippen LogP contribution in [0.25, 0.3) is 0 Å². The lowest BCUT2D eigenvalue weighted by atomic mass is 10.1. The Morgan fingerprint density at radius 1 is 1.24 bits per heavy atom. The van der Waals surface area contributed by atoms with Crippen molar-refractivity contribution in [3.05, 3.63) is 42.0 Å². The molecule has 1 aromatic heterocycles. The number of amides is 1. The SMILES string of the molecule is CCN(C(=O)CCCn1cncn1)c1cc(C)cc(C)c1. The number of aromatic nitrogens is 3. The van der Waals surface area contributed by atoms with Crippen LogP contribution in [-0.2, 0) is 11.3 Å². The van der Waals surface area contributed by atoms with Crippen LogP contribution in [0.15, 0.2) is 30.9 Å². The highest BCUT2D eigenvalue weighted by Crippen LogP contribution is 2.19. The van der Waals surface area contributed by atoms with Gasteiger partial charge in [0.05, 0.1) is 0 Å². The van der Waals surface area contributed by atoms with Gasteiger partial charge in [-0.15, -0.1) is 0 Å². The van der Waals surface area contributed by atoms with Crippen LogP contribution in [0, 0.1) is 13.8 Å². The molecule has 5 heteroatoms. The minimum atomic E-state index is 0.155. The second-order valence-electron chi connectivity index (χ2n) is 5.25. The highest BCUT2D eigenvalue weighted by molar-refractivity contribution is 5.93. The first-order valence-electron chi connectivity index (χ1n) is 7.31. The number of hydrogen-bond donors (Lipinski definition) is 0. The van der Waals surface area contributed by atoms with Gasteiger partial charge in [0.1, 0.15) is 12.7 Å². The first-order valence-corrected chi connectivity index (χ1v) is 7.31. The van der Waals surface area contributed by atoms with Gasteiger partial charge in [0, 0.05) is 25.2 Å². The number of carbonyl (C=O) groups excluding carboxylic acids is 1. The van der Waals surface area contributed by atoms with Gasteiger partial charge in [-0.05, 0) is 50.5 Å². The molecule has 0 atom stereocenters. The van der Waals surface area contributed by atoms with Crippen LogP contribution in [0.2, 0.25) is 0 Å². The largest absolute Gasteiger partial charge is 0.313 e. The fourth-order valence-electron chi connectivity index (χ4n) is 2.48. The minimum Gasteiger partial charge on any atom is -0.313 e. The average molecular weight is 286 g/mol. The second kappa shape index (κ2) is 7.02. The number of hydrogen-bond acceptors (Lipinski definition) is 3. The third-order valence-electron chi connectivity index (χ3n) is 3.38. The predicted octanol–water partition coefficient (Wildman–Crippen LogP) is 2.73. The van der Waals surface area contributed by atoms with Crippen molar-refractivity contribution in [2.75, 3.05) is 11.4 Å². The fourth-order valence-corrected chi connectivity index (χ4v) is 2.48. The molecule has 0 aliphatic carbocycles. The number of nitrogens with zero attached hydrogens (tertiary/aromatic N) is 4. The second-order valence-corrected chi connectivity index (χ2v) is 5.25. The first kappa shape index (κ1) is 15.2. The molecule has 0 aliphatic rings. The Labute approximate surface area is 125 Å². The number of carbonyl (C=O) groups is 1. The summed E-state index contributed by atoms with van der Waals surface area (Å²) in [6.07, 6.45) is 4.46. The van der Waals surface area contributed by atoms with Crippen LogP contribution in [-0.4, -0.2) is 27.2 Å². The molecule has 0 bridgehead atoms. The molecule has 0 aliphatic heterocycles. The zero-order chi connectivity index (χ0) is 15.2. The Hall–Kier alpha value is -2.17. The molecule has 1 amide bonds. The summed E-state index contributed by atoms with van der Waals surface area (Å²) in [5.74, 6) is 0.155. The molecule has 0 saturated carbocycles. The van der Waals surface area contributed by atoms with E-state index in [0.717, 1.165) is 18.7 Å². The van der Waals surface area contributed by atoms with E-state index in [1.165, 1.54) is 17.5 Å². The van der Waals surface area contributed by atoms with Gasteiger partial charge in [0.25, 0.3) is 0 Å². The maximum absolute atomic E-state index is 12.4. The topological polar surface area (TPSA) is 51.0 Å². The third-order valence-corrected chi connectivity index (χ3v) is 3.38. The molecule has 21 heavy (non-hydrogen) atoms. The van der Waals surface area contributed by atoms with Crippen LogP contribution < -0.4 is 4.90 Å². The van der Waals surface area contributed by atoms with E-state index in [4.69, 9.17) is 0 Å². The summed E-state index contributed by atoms with van der Waals surface area (Å²) in [6, 6.07) is 6.24. The van der Waals surface area contributed by atoms with E-state index >= 15 is 0 Å². The van der Waals surface area contributed by atoms with E-state index in [1.807, 2.05) is 11.8 Å². The number of aryl methyl sites for hydroxylation is 3. The van der Waals surface area contributed by atoms with Gasteiger partial charge in [-0.3, -0.25) is 9.48 Å². The molecule has 0 radical (unpaired) electrons. The molecule has 1 aromatic carbocycles. The highest BCUT2D eigenvalue weighted by atomic mass is 16.2. The van der Waals surface area contributed by atoms with Gasteiger partial charge in [-0.1, -0.05) is 6.07 Å². The minimum absolute atomic E-state index is 0.155. The summed E-state index contributed by atoms with van der Waals surface area (Å²) in [4.78, 5) is 18.1. The summed E-state index contributed by atoms with van der Waals surface area (Å²) in [5.41, 5.74) is 3.35. The lowest BCUT2D eigenvalue weighted by Gasteiger charge is -2.22. The van der Waals surface area contributed by atoms with Gasteiger partial charge in [-0.25, -0.2) is 4.98 Å². The molecule has 0 fully saturated rings. The molecule has 0 N–H and O–H groups in total. The average Bonchev–Trinajstić information content (AvgIpc) is 2.91. The molecule has 1 heterocycles. The van der Waals surface area contributed by atoms with Crippen molar-refractivity contribution in [3.8, 4) is 0 Å². The van der Waals surface area contributed by atoms with Crippen molar-refractivity contribution in [3.63, 3.8) is 0 Å².